The summed E-state index contributed by atoms with van der Waals surface area (Å²) in [4.78, 5) is 12.0. The number of aliphatic hydroxyl groups is 7. The minimum absolute atomic E-state index is 0.0724. The van der Waals surface area contributed by atoms with Crippen LogP contribution in [0.25, 0.3) is 0 Å². The van der Waals surface area contributed by atoms with Gasteiger partial charge in [0.25, 0.3) is 0 Å². The molecule has 5 aliphatic rings. The van der Waals surface area contributed by atoms with E-state index in [0.717, 1.165) is 0 Å². The van der Waals surface area contributed by atoms with Crippen LogP contribution in [0.3, 0.4) is 0 Å². The smallest absolute Gasteiger partial charge is 0.332 e. The predicted octanol–water partition coefficient (Wildman–Crippen LogP) is -2.91. The van der Waals surface area contributed by atoms with Crippen LogP contribution in [0.1, 0.15) is 38.5 Å². The fourth-order valence-corrected chi connectivity index (χ4v) is 7.09. The lowest BCUT2D eigenvalue weighted by molar-refractivity contribution is -0.350. The number of carboxylic acid groups (broad SMARTS) is 1. The third-order valence-electron chi connectivity index (χ3n) is 8.97. The first kappa shape index (κ1) is 27.6. The molecule has 2 aliphatic carbocycles. The number of carboxylic acids is 1. The molecule has 3 aliphatic heterocycles. The largest absolute Gasteiger partial charge is 0.479 e. The molecule has 0 aromatic rings. The highest BCUT2D eigenvalue weighted by Gasteiger charge is 2.59. The second-order valence-corrected chi connectivity index (χ2v) is 11.2. The number of rotatable bonds is 5. The topological polar surface area (TPSA) is 216 Å². The van der Waals surface area contributed by atoms with E-state index in [2.05, 4.69) is 0 Å². The van der Waals surface area contributed by atoms with Gasteiger partial charge in [0.05, 0.1) is 49.3 Å². The summed E-state index contributed by atoms with van der Waals surface area (Å²) >= 11 is 0. The van der Waals surface area contributed by atoms with E-state index in [-0.39, 0.29) is 31.1 Å². The van der Waals surface area contributed by atoms with Gasteiger partial charge in [0.2, 0.25) is 0 Å². The van der Waals surface area contributed by atoms with Crippen LogP contribution in [-0.2, 0) is 23.7 Å². The predicted molar refractivity (Wildman–Crippen MR) is 120 cm³/mol. The zero-order valence-electron chi connectivity index (χ0n) is 20.3. The number of hydrogen-bond donors (Lipinski definition) is 8. The van der Waals surface area contributed by atoms with Gasteiger partial charge in [-0.25, -0.2) is 4.79 Å². The van der Waals surface area contributed by atoms with Crippen LogP contribution in [0.15, 0.2) is 0 Å². The molecule has 3 heterocycles. The third-order valence-corrected chi connectivity index (χ3v) is 8.97. The fraction of sp³-hybridized carbons (Fsp3) is 0.958. The van der Waals surface area contributed by atoms with Crippen LogP contribution >= 0.6 is 0 Å². The van der Waals surface area contributed by atoms with Gasteiger partial charge in [-0.3, -0.25) is 0 Å². The molecule has 11 unspecified atom stereocenters. The molecule has 0 bridgehead atoms. The Hall–Kier alpha value is -0.970. The number of aliphatic hydroxyl groups excluding tert-OH is 7. The Morgan fingerprint density at radius 2 is 1.51 bits per heavy atom. The second-order valence-electron chi connectivity index (χ2n) is 11.2. The van der Waals surface area contributed by atoms with E-state index in [0.29, 0.717) is 19.3 Å². The molecule has 212 valence electrons. The zero-order valence-corrected chi connectivity index (χ0v) is 20.3. The van der Waals surface area contributed by atoms with Crippen LogP contribution in [0, 0.1) is 17.8 Å². The van der Waals surface area contributed by atoms with Gasteiger partial charge in [0.15, 0.2) is 12.4 Å². The highest BCUT2D eigenvalue weighted by atomic mass is 16.7. The molecule has 2 saturated carbocycles. The molecule has 5 fully saturated rings. The van der Waals surface area contributed by atoms with Crippen molar-refractivity contribution in [2.75, 3.05) is 6.61 Å². The minimum atomic E-state index is -1.66. The third kappa shape index (κ3) is 5.16. The van der Waals surface area contributed by atoms with Crippen LogP contribution in [0.5, 0.6) is 0 Å². The maximum Gasteiger partial charge on any atom is 0.332 e. The van der Waals surface area contributed by atoms with Crippen molar-refractivity contribution in [3.05, 3.63) is 0 Å². The molecule has 0 amide bonds. The Morgan fingerprint density at radius 1 is 0.811 bits per heavy atom. The first-order valence-electron chi connectivity index (χ1n) is 13.1. The molecule has 0 aromatic heterocycles. The summed E-state index contributed by atoms with van der Waals surface area (Å²) in [5, 5.41) is 81.4. The van der Waals surface area contributed by atoms with Crippen molar-refractivity contribution in [3.8, 4) is 0 Å². The fourth-order valence-electron chi connectivity index (χ4n) is 7.09. The summed E-state index contributed by atoms with van der Waals surface area (Å²) < 4.78 is 24.2. The van der Waals surface area contributed by atoms with Crippen molar-refractivity contribution in [1.82, 2.24) is 0 Å². The summed E-state index contributed by atoms with van der Waals surface area (Å²) in [5.41, 5.74) is 0. The molecular formula is C24H38O13. The summed E-state index contributed by atoms with van der Waals surface area (Å²) in [7, 11) is 0. The van der Waals surface area contributed by atoms with Crippen LogP contribution < -0.4 is 0 Å². The maximum absolute atomic E-state index is 12.0. The van der Waals surface area contributed by atoms with Gasteiger partial charge in [-0.2, -0.15) is 0 Å². The van der Waals surface area contributed by atoms with Crippen LogP contribution in [0.4, 0.5) is 0 Å². The van der Waals surface area contributed by atoms with Gasteiger partial charge in [-0.15, -0.1) is 0 Å². The Labute approximate surface area is 213 Å². The molecule has 16 atom stereocenters. The van der Waals surface area contributed by atoms with Gasteiger partial charge in [-0.05, 0) is 43.9 Å². The van der Waals surface area contributed by atoms with Gasteiger partial charge < -0.3 is 59.8 Å². The summed E-state index contributed by atoms with van der Waals surface area (Å²) in [6, 6.07) is 0. The van der Waals surface area contributed by atoms with Crippen molar-refractivity contribution in [2.45, 2.75) is 118 Å². The van der Waals surface area contributed by atoms with Crippen molar-refractivity contribution >= 4 is 5.97 Å². The quantitative estimate of drug-likeness (QED) is 0.178. The SMILES string of the molecule is O=C(O)C1CC2C(O[C@@H]3O[C@H](CO)[C@@H](O)[C@H](O)[C@H]3O)C(C3CCC(O)C(O)C3)OC3CC(O)CC(O1)C32. The molecule has 37 heavy (non-hydrogen) atoms. The number of aliphatic carboxylic acids is 1. The van der Waals surface area contributed by atoms with E-state index in [1.54, 1.807) is 0 Å². The first-order valence-corrected chi connectivity index (χ1v) is 13.1. The molecule has 3 saturated heterocycles. The number of hydrogen-bond acceptors (Lipinski definition) is 12. The van der Waals surface area contributed by atoms with Crippen LogP contribution in [-0.4, -0.2) is 133 Å². The van der Waals surface area contributed by atoms with Crippen LogP contribution in [0.2, 0.25) is 0 Å². The Morgan fingerprint density at radius 3 is 2.16 bits per heavy atom. The Kier molecular flexibility index (Phi) is 8.12. The Bertz CT molecular complexity index is 812. The Balaban J connectivity index is 1.48. The summed E-state index contributed by atoms with van der Waals surface area (Å²) in [5.74, 6) is -2.21. The molecule has 0 aromatic carbocycles. The molecule has 8 N–H and O–H groups in total. The monoisotopic (exact) mass is 534 g/mol. The second kappa shape index (κ2) is 10.9. The van der Waals surface area contributed by atoms with Crippen molar-refractivity contribution in [3.63, 3.8) is 0 Å². The first-order chi connectivity index (χ1) is 17.6. The maximum atomic E-state index is 12.0. The van der Waals surface area contributed by atoms with Gasteiger partial charge in [0.1, 0.15) is 24.4 Å². The van der Waals surface area contributed by atoms with Crippen molar-refractivity contribution in [2.24, 2.45) is 17.8 Å². The normalized spacial score (nSPS) is 54.4. The van der Waals surface area contributed by atoms with Crippen molar-refractivity contribution in [1.29, 1.82) is 0 Å². The molecule has 5 rings (SSSR count). The zero-order chi connectivity index (χ0) is 26.6. The van der Waals surface area contributed by atoms with Gasteiger partial charge >= 0.3 is 5.97 Å². The van der Waals surface area contributed by atoms with Gasteiger partial charge in [0, 0.05) is 12.3 Å². The highest BCUT2D eigenvalue weighted by Crippen LogP contribution is 2.50. The lowest BCUT2D eigenvalue weighted by Gasteiger charge is -2.57. The van der Waals surface area contributed by atoms with Gasteiger partial charge in [-0.1, -0.05) is 0 Å². The number of carbonyl (C=O) groups is 1. The van der Waals surface area contributed by atoms with E-state index in [9.17, 15) is 45.6 Å². The molecule has 0 radical (unpaired) electrons. The molecular weight excluding hydrogens is 496 g/mol. The minimum Gasteiger partial charge on any atom is -0.479 e. The highest BCUT2D eigenvalue weighted by molar-refractivity contribution is 5.72. The van der Waals surface area contributed by atoms with E-state index in [1.165, 1.54) is 0 Å². The van der Waals surface area contributed by atoms with E-state index >= 15 is 0 Å². The van der Waals surface area contributed by atoms with Crippen molar-refractivity contribution < 1.29 is 64.6 Å². The van der Waals surface area contributed by atoms with E-state index in [4.69, 9.17) is 18.9 Å². The lowest BCUT2D eigenvalue weighted by atomic mass is 9.64. The standard InChI is InChI=1S/C24H38O13/c25-7-16-18(29)19(30)20(31)24(36-16)37-22-10-6-15(23(32)33)34-13-4-9(26)5-14(17(10)13)35-21(22)8-1-2-11(27)12(28)3-8/h8-22,24-31H,1-7H2,(H,32,33)/t8?,9?,10?,11?,12?,13?,14?,15?,16-,17?,18-,19+,20-,21?,22?,24+/m1/s1. The molecule has 13 nitrogen and oxygen atoms in total. The van der Waals surface area contributed by atoms with E-state index in [1.807, 2.05) is 0 Å². The lowest BCUT2D eigenvalue weighted by Crippen LogP contribution is -2.67. The molecule has 13 heteroatoms. The molecule has 0 spiro atoms. The van der Waals surface area contributed by atoms with E-state index < -0.39 is 98.0 Å². The summed E-state index contributed by atoms with van der Waals surface area (Å²) in [6.07, 6.45) is -12.3. The average Bonchev–Trinajstić information content (AvgIpc) is 2.86. The summed E-state index contributed by atoms with van der Waals surface area (Å²) in [6.45, 7) is -0.634. The number of ether oxygens (including phenoxy) is 4. The average molecular weight is 535 g/mol.